The number of fused-ring (bicyclic) bond motifs is 2. The third-order valence-corrected chi connectivity index (χ3v) is 7.15. The molecule has 1 aromatic heterocycles. The molecule has 0 fully saturated rings. The van der Waals surface area contributed by atoms with Crippen molar-refractivity contribution in [2.45, 2.75) is 31.6 Å². The second-order valence-electron chi connectivity index (χ2n) is 8.80. The Morgan fingerprint density at radius 2 is 1.83 bits per heavy atom. The molecule has 0 saturated heterocycles. The van der Waals surface area contributed by atoms with Crippen LogP contribution in [-0.4, -0.2) is 12.2 Å². The summed E-state index contributed by atoms with van der Waals surface area (Å²) in [6, 6.07) is 19.2. The van der Waals surface area contributed by atoms with Crippen molar-refractivity contribution in [2.24, 2.45) is 5.73 Å². The van der Waals surface area contributed by atoms with Gasteiger partial charge in [-0.2, -0.15) is 5.26 Å². The average molecular weight is 497 g/mol. The van der Waals surface area contributed by atoms with Crippen LogP contribution in [0.5, 0.6) is 11.5 Å². The van der Waals surface area contributed by atoms with Gasteiger partial charge in [-0.3, -0.25) is 0 Å². The first-order chi connectivity index (χ1) is 17.3. The first-order valence-corrected chi connectivity index (χ1v) is 12.6. The zero-order valence-electron chi connectivity index (χ0n) is 20.3. The topological polar surface area (TPSA) is 98.5 Å². The summed E-state index contributed by atoms with van der Waals surface area (Å²) >= 11 is 1.64. The molecule has 4 aromatic rings. The first-order valence-electron chi connectivity index (χ1n) is 11.4. The molecule has 1 aliphatic rings. The largest absolute Gasteiger partial charge is 0.449 e. The highest BCUT2D eigenvalue weighted by Crippen LogP contribution is 2.43. The molecule has 36 heavy (non-hydrogen) atoms. The van der Waals surface area contributed by atoms with Crippen LogP contribution in [0.25, 0.3) is 11.0 Å². The summed E-state index contributed by atoms with van der Waals surface area (Å²) in [5.74, 6) is -0.0633. The summed E-state index contributed by atoms with van der Waals surface area (Å²) in [7, 11) is 0. The molecule has 7 heteroatoms. The Morgan fingerprint density at radius 1 is 1.08 bits per heavy atom. The van der Waals surface area contributed by atoms with Crippen molar-refractivity contribution in [2.75, 3.05) is 6.26 Å². The SMILES string of the molecule is CSc1ccc(C2C(C#N)=C(N)Oc3cc(OC(=O)c4oc5cc(C)cc(C)c5c4C)ccc32)cc1. The normalized spacial score (nSPS) is 14.8. The van der Waals surface area contributed by atoms with Gasteiger partial charge in [-0.1, -0.05) is 24.3 Å². The van der Waals surface area contributed by atoms with E-state index in [-0.39, 0.29) is 23.3 Å². The van der Waals surface area contributed by atoms with Gasteiger partial charge in [-0.25, -0.2) is 4.79 Å². The minimum Gasteiger partial charge on any atom is -0.449 e. The quantitative estimate of drug-likeness (QED) is 0.195. The molecule has 0 amide bonds. The van der Waals surface area contributed by atoms with Crippen LogP contribution >= 0.6 is 11.8 Å². The van der Waals surface area contributed by atoms with E-state index in [9.17, 15) is 10.1 Å². The molecule has 180 valence electrons. The molecule has 1 unspecified atom stereocenters. The molecule has 3 aromatic carbocycles. The predicted octanol–water partition coefficient (Wildman–Crippen LogP) is 6.52. The number of nitrogens with zero attached hydrogens (tertiary/aromatic N) is 1. The molecule has 0 bridgehead atoms. The third-order valence-electron chi connectivity index (χ3n) is 6.41. The molecule has 5 rings (SSSR count). The predicted molar refractivity (Wildman–Crippen MR) is 139 cm³/mol. The average Bonchev–Trinajstić information content (AvgIpc) is 3.19. The number of carbonyl (C=O) groups is 1. The van der Waals surface area contributed by atoms with Crippen LogP contribution in [0.1, 0.15) is 44.3 Å². The van der Waals surface area contributed by atoms with E-state index in [0.717, 1.165) is 38.1 Å². The highest BCUT2D eigenvalue weighted by atomic mass is 32.2. The fraction of sp³-hybridized carbons (Fsp3) is 0.172. The molecule has 0 aliphatic carbocycles. The molecule has 6 nitrogen and oxygen atoms in total. The number of thioether (sulfide) groups is 1. The second kappa shape index (κ2) is 9.14. The van der Waals surface area contributed by atoms with Crippen LogP contribution in [0.15, 0.2) is 75.4 Å². The van der Waals surface area contributed by atoms with Gasteiger partial charge in [0.2, 0.25) is 11.6 Å². The van der Waals surface area contributed by atoms with Crippen LogP contribution in [0.2, 0.25) is 0 Å². The van der Waals surface area contributed by atoms with Gasteiger partial charge in [-0.05, 0) is 68.0 Å². The van der Waals surface area contributed by atoms with Gasteiger partial charge in [-0.15, -0.1) is 11.8 Å². The van der Waals surface area contributed by atoms with Crippen molar-refractivity contribution in [3.05, 3.63) is 99.6 Å². The number of rotatable bonds is 4. The van der Waals surface area contributed by atoms with Gasteiger partial charge in [0, 0.05) is 27.5 Å². The van der Waals surface area contributed by atoms with Crippen LogP contribution in [0, 0.1) is 32.1 Å². The molecule has 0 saturated carbocycles. The number of nitriles is 1. The highest BCUT2D eigenvalue weighted by molar-refractivity contribution is 7.98. The molecule has 0 spiro atoms. The number of benzene rings is 3. The molecule has 2 heterocycles. The Labute approximate surface area is 213 Å². The highest BCUT2D eigenvalue weighted by Gasteiger charge is 2.31. The van der Waals surface area contributed by atoms with Gasteiger partial charge in [0.25, 0.3) is 0 Å². The summed E-state index contributed by atoms with van der Waals surface area (Å²) in [4.78, 5) is 14.2. The summed E-state index contributed by atoms with van der Waals surface area (Å²) in [6.45, 7) is 5.83. The molecular formula is C29H24N2O4S. The third kappa shape index (κ3) is 4.00. The molecular weight excluding hydrogens is 472 g/mol. The second-order valence-corrected chi connectivity index (χ2v) is 9.68. The van der Waals surface area contributed by atoms with Gasteiger partial charge in [0.15, 0.2) is 0 Å². The monoisotopic (exact) mass is 496 g/mol. The van der Waals surface area contributed by atoms with Crippen molar-refractivity contribution < 1.29 is 18.7 Å². The van der Waals surface area contributed by atoms with Crippen molar-refractivity contribution in [3.63, 3.8) is 0 Å². The zero-order valence-corrected chi connectivity index (χ0v) is 21.2. The van der Waals surface area contributed by atoms with E-state index in [1.54, 1.807) is 30.0 Å². The van der Waals surface area contributed by atoms with Crippen molar-refractivity contribution >= 4 is 28.7 Å². The summed E-state index contributed by atoms with van der Waals surface area (Å²) in [5, 5.41) is 10.7. The van der Waals surface area contributed by atoms with Crippen LogP contribution in [-0.2, 0) is 0 Å². The van der Waals surface area contributed by atoms with Gasteiger partial charge < -0.3 is 19.6 Å². The minimum atomic E-state index is -0.595. The Bertz CT molecular complexity index is 1590. The Kier molecular flexibility index (Phi) is 5.99. The Hall–Kier alpha value is -4.15. The summed E-state index contributed by atoms with van der Waals surface area (Å²) < 4.78 is 17.3. The lowest BCUT2D eigenvalue weighted by Gasteiger charge is -2.26. The maximum Gasteiger partial charge on any atom is 0.379 e. The first kappa shape index (κ1) is 23.6. The number of hydrogen-bond acceptors (Lipinski definition) is 7. The van der Waals surface area contributed by atoms with Crippen molar-refractivity contribution in [1.82, 2.24) is 0 Å². The number of hydrogen-bond donors (Lipinski definition) is 1. The molecule has 1 atom stereocenters. The fourth-order valence-electron chi connectivity index (χ4n) is 4.78. The number of aryl methyl sites for hydroxylation is 3. The number of nitrogens with two attached hydrogens (primary N) is 1. The summed E-state index contributed by atoms with van der Waals surface area (Å²) in [6.07, 6.45) is 2.01. The number of furan rings is 1. The van der Waals surface area contributed by atoms with Crippen LogP contribution in [0.3, 0.4) is 0 Å². The maximum atomic E-state index is 13.0. The lowest BCUT2D eigenvalue weighted by molar-refractivity contribution is 0.0702. The van der Waals surface area contributed by atoms with Crippen molar-refractivity contribution in [1.29, 1.82) is 5.26 Å². The number of ether oxygens (including phenoxy) is 2. The Morgan fingerprint density at radius 3 is 2.53 bits per heavy atom. The smallest absolute Gasteiger partial charge is 0.379 e. The fourth-order valence-corrected chi connectivity index (χ4v) is 5.18. The standard InChI is InChI=1S/C29H24N2O4S/c1-15-11-16(2)25-17(3)27(34-24(25)12-15)29(32)33-19-7-10-21-23(13-19)35-28(31)22(14-30)26(21)18-5-8-20(36-4)9-6-18/h5-13,26H,31H2,1-4H3. The van der Waals surface area contributed by atoms with E-state index >= 15 is 0 Å². The number of esters is 1. The van der Waals surface area contributed by atoms with Crippen molar-refractivity contribution in [3.8, 4) is 17.6 Å². The number of carbonyl (C=O) groups excluding carboxylic acids is 1. The lowest BCUT2D eigenvalue weighted by atomic mass is 9.83. The number of allylic oxidation sites excluding steroid dienone is 1. The van der Waals surface area contributed by atoms with Crippen LogP contribution in [0.4, 0.5) is 0 Å². The van der Waals surface area contributed by atoms with E-state index in [1.165, 1.54) is 0 Å². The molecule has 1 aliphatic heterocycles. The summed E-state index contributed by atoms with van der Waals surface area (Å²) in [5.41, 5.74) is 11.6. The minimum absolute atomic E-state index is 0.0337. The Balaban J connectivity index is 1.49. The van der Waals surface area contributed by atoms with E-state index in [0.29, 0.717) is 16.9 Å². The van der Waals surface area contributed by atoms with E-state index < -0.39 is 5.97 Å². The molecule has 0 radical (unpaired) electrons. The van der Waals surface area contributed by atoms with Crippen LogP contribution < -0.4 is 15.2 Å². The van der Waals surface area contributed by atoms with E-state index in [1.807, 2.05) is 57.4 Å². The maximum absolute atomic E-state index is 13.0. The van der Waals surface area contributed by atoms with E-state index in [2.05, 4.69) is 12.1 Å². The van der Waals surface area contributed by atoms with E-state index in [4.69, 9.17) is 19.6 Å². The van der Waals surface area contributed by atoms with Gasteiger partial charge in [0.05, 0.1) is 5.92 Å². The zero-order chi connectivity index (χ0) is 25.6. The lowest BCUT2D eigenvalue weighted by Crippen LogP contribution is -2.21. The van der Waals surface area contributed by atoms with Gasteiger partial charge >= 0.3 is 5.97 Å². The molecule has 2 N–H and O–H groups in total. The van der Waals surface area contributed by atoms with Gasteiger partial charge in [0.1, 0.15) is 28.7 Å².